The van der Waals surface area contributed by atoms with Crippen molar-refractivity contribution in [2.45, 2.75) is 65.5 Å². The van der Waals surface area contributed by atoms with Crippen LogP contribution in [0.2, 0.25) is 0 Å². The number of halogens is 1. The second-order valence-corrected chi connectivity index (χ2v) is 11.1. The van der Waals surface area contributed by atoms with Crippen LogP contribution < -0.4 is 10.6 Å². The van der Waals surface area contributed by atoms with Gasteiger partial charge < -0.3 is 15.5 Å². The highest BCUT2D eigenvalue weighted by Gasteiger charge is 2.20. The highest BCUT2D eigenvalue weighted by atomic mass is 19.1. The maximum absolute atomic E-state index is 13.3. The number of carbonyl (C=O) groups is 1. The molecule has 0 saturated carbocycles. The molecule has 43 heavy (non-hydrogen) atoms. The molecule has 1 aliphatic heterocycles. The summed E-state index contributed by atoms with van der Waals surface area (Å²) in [5, 5.41) is 30.4. The number of nitrogens with zero attached hydrogens (tertiary/aromatic N) is 9. The van der Waals surface area contributed by atoms with Crippen LogP contribution in [0.5, 0.6) is 0 Å². The first-order valence-corrected chi connectivity index (χ1v) is 15.2. The van der Waals surface area contributed by atoms with Gasteiger partial charge in [0.1, 0.15) is 5.82 Å². The van der Waals surface area contributed by atoms with E-state index in [1.54, 1.807) is 9.36 Å². The summed E-state index contributed by atoms with van der Waals surface area (Å²) in [5.74, 6) is 1.59. The van der Waals surface area contributed by atoms with Crippen LogP contribution in [-0.2, 0) is 19.5 Å². The molecule has 2 amide bonds. The average molecular weight is 590 g/mol. The average Bonchev–Trinajstić information content (AvgIpc) is 3.67. The van der Waals surface area contributed by atoms with Crippen molar-refractivity contribution in [1.82, 2.24) is 50.6 Å². The van der Waals surface area contributed by atoms with Crippen LogP contribution in [-0.4, -0.2) is 77.5 Å². The van der Waals surface area contributed by atoms with Crippen molar-refractivity contribution in [2.24, 2.45) is 5.92 Å². The number of tetrazole rings is 2. The Morgan fingerprint density at radius 1 is 0.930 bits per heavy atom. The molecule has 3 heterocycles. The molecule has 13 heteroatoms. The fourth-order valence-electron chi connectivity index (χ4n) is 5.66. The van der Waals surface area contributed by atoms with E-state index in [-0.39, 0.29) is 11.8 Å². The molecule has 5 rings (SSSR count). The predicted octanol–water partition coefficient (Wildman–Crippen LogP) is 4.42. The van der Waals surface area contributed by atoms with Gasteiger partial charge in [-0.15, -0.1) is 10.2 Å². The summed E-state index contributed by atoms with van der Waals surface area (Å²) in [6, 6.07) is 12.2. The van der Waals surface area contributed by atoms with Crippen LogP contribution in [0.4, 0.5) is 14.9 Å². The monoisotopic (exact) mass is 589 g/mol. The van der Waals surface area contributed by atoms with Crippen LogP contribution >= 0.6 is 0 Å². The Hall–Kier alpha value is -4.26. The summed E-state index contributed by atoms with van der Waals surface area (Å²) >= 11 is 0. The van der Waals surface area contributed by atoms with Crippen molar-refractivity contribution in [3.63, 3.8) is 0 Å². The Bertz CT molecular complexity index is 1410. The van der Waals surface area contributed by atoms with Gasteiger partial charge in [-0.05, 0) is 114 Å². The highest BCUT2D eigenvalue weighted by molar-refractivity contribution is 5.91. The van der Waals surface area contributed by atoms with Gasteiger partial charge in [-0.25, -0.2) is 18.5 Å². The normalized spacial score (nSPS) is 15.5. The largest absolute Gasteiger partial charge is 0.338 e. The number of piperidine rings is 1. The molecule has 0 aliphatic carbocycles. The Labute approximate surface area is 251 Å². The molecule has 2 aromatic carbocycles. The standard InChI is InChI=1S/C30H40FN11O/c1-3-13-41-28(34-36-38-41)24-18-25(29-35-37-39-42(29)14-4-2)20-27(19-24)33-30(43)32-12-6-16-40-15-5-7-23(21-40)17-22-8-10-26(31)11-9-22/h8-11,18-20,23H,3-7,12-17,21H2,1-2H3,(H2,32,33,43)/t23-/m0/s1. The fraction of sp³-hybridized carbons (Fsp3) is 0.500. The van der Waals surface area contributed by atoms with E-state index in [2.05, 4.69) is 60.4 Å². The summed E-state index contributed by atoms with van der Waals surface area (Å²) in [7, 11) is 0. The van der Waals surface area contributed by atoms with Gasteiger partial charge in [-0.2, -0.15) is 0 Å². The minimum absolute atomic E-state index is 0.193. The number of aryl methyl sites for hydroxylation is 2. The summed E-state index contributed by atoms with van der Waals surface area (Å²) < 4.78 is 16.8. The molecule has 0 bridgehead atoms. The van der Waals surface area contributed by atoms with Crippen molar-refractivity contribution in [1.29, 1.82) is 0 Å². The number of anilines is 1. The molecule has 1 aliphatic rings. The number of hydrogen-bond acceptors (Lipinski definition) is 8. The smallest absolute Gasteiger partial charge is 0.319 e. The molecule has 1 saturated heterocycles. The molecule has 4 aromatic rings. The summed E-state index contributed by atoms with van der Waals surface area (Å²) in [5.41, 5.74) is 3.31. The van der Waals surface area contributed by atoms with Crippen molar-refractivity contribution in [3.05, 3.63) is 53.8 Å². The third-order valence-corrected chi connectivity index (χ3v) is 7.62. The van der Waals surface area contributed by atoms with Crippen molar-refractivity contribution in [3.8, 4) is 22.8 Å². The molecule has 1 atom stereocenters. The number of hydrogen-bond donors (Lipinski definition) is 2. The first kappa shape index (κ1) is 30.2. The molecular formula is C30H40FN11O. The van der Waals surface area contributed by atoms with E-state index in [1.165, 1.54) is 24.1 Å². The number of nitrogens with one attached hydrogen (secondary N) is 2. The van der Waals surface area contributed by atoms with Gasteiger partial charge in [-0.1, -0.05) is 26.0 Å². The minimum Gasteiger partial charge on any atom is -0.338 e. The summed E-state index contributed by atoms with van der Waals surface area (Å²) in [6.07, 6.45) is 5.92. The molecule has 2 aromatic heterocycles. The van der Waals surface area contributed by atoms with Gasteiger partial charge in [0, 0.05) is 43.0 Å². The minimum atomic E-state index is -0.280. The summed E-state index contributed by atoms with van der Waals surface area (Å²) in [4.78, 5) is 15.4. The van der Waals surface area contributed by atoms with Gasteiger partial charge in [0.15, 0.2) is 11.6 Å². The number of aromatic nitrogens is 8. The zero-order valence-electron chi connectivity index (χ0n) is 24.9. The molecule has 0 unspecified atom stereocenters. The lowest BCUT2D eigenvalue weighted by Gasteiger charge is -2.32. The molecule has 2 N–H and O–H groups in total. The zero-order chi connectivity index (χ0) is 30.0. The van der Waals surface area contributed by atoms with Gasteiger partial charge in [-0.3, -0.25) is 0 Å². The molecule has 1 fully saturated rings. The lowest BCUT2D eigenvalue weighted by Crippen LogP contribution is -2.38. The van der Waals surface area contributed by atoms with Gasteiger partial charge in [0.05, 0.1) is 0 Å². The number of urea groups is 1. The third-order valence-electron chi connectivity index (χ3n) is 7.62. The molecule has 228 valence electrons. The van der Waals surface area contributed by atoms with E-state index in [0.717, 1.165) is 62.9 Å². The van der Waals surface area contributed by atoms with Crippen molar-refractivity contribution >= 4 is 11.7 Å². The first-order valence-electron chi connectivity index (χ1n) is 15.2. The Balaban J connectivity index is 1.18. The predicted molar refractivity (Wildman–Crippen MR) is 162 cm³/mol. The maximum Gasteiger partial charge on any atom is 0.319 e. The van der Waals surface area contributed by atoms with Crippen LogP contribution in [0.3, 0.4) is 0 Å². The third kappa shape index (κ3) is 8.19. The fourth-order valence-corrected chi connectivity index (χ4v) is 5.66. The number of carbonyl (C=O) groups excluding carboxylic acids is 1. The van der Waals surface area contributed by atoms with E-state index in [9.17, 15) is 9.18 Å². The van der Waals surface area contributed by atoms with Crippen molar-refractivity contribution in [2.75, 3.05) is 31.5 Å². The van der Waals surface area contributed by atoms with Crippen molar-refractivity contribution < 1.29 is 9.18 Å². The molecule has 0 spiro atoms. The van der Waals surface area contributed by atoms with E-state index in [0.29, 0.717) is 42.9 Å². The lowest BCUT2D eigenvalue weighted by molar-refractivity contribution is 0.172. The zero-order valence-corrected chi connectivity index (χ0v) is 24.9. The van der Waals surface area contributed by atoms with E-state index in [4.69, 9.17) is 0 Å². The van der Waals surface area contributed by atoms with Gasteiger partial charge in [0.2, 0.25) is 0 Å². The van der Waals surface area contributed by atoms with Crippen LogP contribution in [0.1, 0.15) is 51.5 Å². The van der Waals surface area contributed by atoms with Crippen LogP contribution in [0.15, 0.2) is 42.5 Å². The Morgan fingerprint density at radius 2 is 1.58 bits per heavy atom. The lowest BCUT2D eigenvalue weighted by atomic mass is 9.91. The van der Waals surface area contributed by atoms with Gasteiger partial charge >= 0.3 is 6.03 Å². The molecular weight excluding hydrogens is 549 g/mol. The van der Waals surface area contributed by atoms with E-state index < -0.39 is 0 Å². The number of rotatable bonds is 13. The second kappa shape index (κ2) is 14.8. The molecule has 12 nitrogen and oxygen atoms in total. The van der Waals surface area contributed by atoms with Gasteiger partial charge in [0.25, 0.3) is 0 Å². The SMILES string of the molecule is CCCn1nnnc1-c1cc(NC(=O)NCCCN2CCC[C@@H](Cc3ccc(F)cc3)C2)cc(-c2nnnn2CCC)c1. The Kier molecular flexibility index (Phi) is 10.4. The number of amides is 2. The maximum atomic E-state index is 13.3. The topological polar surface area (TPSA) is 132 Å². The number of likely N-dealkylation sites (tertiary alicyclic amines) is 1. The first-order chi connectivity index (χ1) is 21.0. The Morgan fingerprint density at radius 3 is 2.21 bits per heavy atom. The van der Waals surface area contributed by atoms with Crippen LogP contribution in [0, 0.1) is 11.7 Å². The quantitative estimate of drug-likeness (QED) is 0.219. The van der Waals surface area contributed by atoms with E-state index >= 15 is 0 Å². The highest BCUT2D eigenvalue weighted by Crippen LogP contribution is 2.28. The molecule has 0 radical (unpaired) electrons. The second-order valence-electron chi connectivity index (χ2n) is 11.1. The summed E-state index contributed by atoms with van der Waals surface area (Å²) in [6.45, 7) is 9.04. The van der Waals surface area contributed by atoms with E-state index in [1.807, 2.05) is 30.3 Å². The number of benzene rings is 2. The van der Waals surface area contributed by atoms with Crippen LogP contribution in [0.25, 0.3) is 22.8 Å².